The van der Waals surface area contributed by atoms with Crippen LogP contribution < -0.4 is 10.6 Å². The largest absolute Gasteiger partial charge is 0.399 e. The summed E-state index contributed by atoms with van der Waals surface area (Å²) in [6, 6.07) is 9.10. The molecule has 110 valence electrons. The average molecular weight is 284 g/mol. The lowest BCUT2D eigenvalue weighted by atomic mass is 10.1. The Morgan fingerprint density at radius 1 is 1.19 bits per heavy atom. The monoisotopic (exact) mass is 284 g/mol. The van der Waals surface area contributed by atoms with Gasteiger partial charge in [0.25, 0.3) is 5.91 Å². The maximum absolute atomic E-state index is 12.8. The number of nitrogens with two attached hydrogens (primary N) is 1. The first-order valence-corrected chi connectivity index (χ1v) is 7.01. The third kappa shape index (κ3) is 3.37. The lowest BCUT2D eigenvalue weighted by Crippen LogP contribution is -2.32. The van der Waals surface area contributed by atoms with Crippen LogP contribution in [0, 0.1) is 13.8 Å². The van der Waals surface area contributed by atoms with Crippen LogP contribution in [-0.4, -0.2) is 22.6 Å². The Morgan fingerprint density at radius 2 is 1.86 bits per heavy atom. The second-order valence-electron chi connectivity index (χ2n) is 5.03. The fourth-order valence-electron chi connectivity index (χ4n) is 2.14. The Balaban J connectivity index is 2.39. The molecule has 2 rings (SSSR count). The van der Waals surface area contributed by atoms with Crippen LogP contribution in [0.1, 0.15) is 35.1 Å². The fraction of sp³-hybridized carbons (Fsp3) is 0.312. The second kappa shape index (κ2) is 6.35. The summed E-state index contributed by atoms with van der Waals surface area (Å²) in [7, 11) is 0. The average Bonchev–Trinajstić information content (AvgIpc) is 2.48. The highest BCUT2D eigenvalue weighted by Gasteiger charge is 2.19. The molecular formula is C16H20N4O. The van der Waals surface area contributed by atoms with Crippen LogP contribution in [0.3, 0.4) is 0 Å². The van der Waals surface area contributed by atoms with Crippen molar-refractivity contribution >= 4 is 17.3 Å². The van der Waals surface area contributed by atoms with E-state index in [0.29, 0.717) is 23.5 Å². The second-order valence-corrected chi connectivity index (χ2v) is 5.03. The van der Waals surface area contributed by atoms with Crippen LogP contribution in [-0.2, 0) is 0 Å². The summed E-state index contributed by atoms with van der Waals surface area (Å²) in [4.78, 5) is 14.6. The minimum absolute atomic E-state index is 0.0582. The van der Waals surface area contributed by atoms with E-state index in [9.17, 15) is 4.79 Å². The molecule has 0 radical (unpaired) electrons. The summed E-state index contributed by atoms with van der Waals surface area (Å²) < 4.78 is 0. The van der Waals surface area contributed by atoms with Crippen LogP contribution in [0.5, 0.6) is 0 Å². The molecule has 1 amide bonds. The summed E-state index contributed by atoms with van der Waals surface area (Å²) >= 11 is 0. The molecule has 1 aromatic heterocycles. The topological polar surface area (TPSA) is 72.1 Å². The Hall–Kier alpha value is -2.43. The molecule has 0 atom stereocenters. The molecule has 0 aliphatic heterocycles. The highest BCUT2D eigenvalue weighted by Crippen LogP contribution is 2.20. The molecule has 0 spiro atoms. The highest BCUT2D eigenvalue weighted by molar-refractivity contribution is 6.06. The van der Waals surface area contributed by atoms with E-state index < -0.39 is 0 Å². The van der Waals surface area contributed by atoms with Gasteiger partial charge in [-0.15, -0.1) is 0 Å². The number of aryl methyl sites for hydroxylation is 2. The van der Waals surface area contributed by atoms with Gasteiger partial charge < -0.3 is 10.6 Å². The molecule has 2 N–H and O–H groups in total. The van der Waals surface area contributed by atoms with E-state index in [2.05, 4.69) is 10.2 Å². The molecular weight excluding hydrogens is 264 g/mol. The first kappa shape index (κ1) is 15.0. The van der Waals surface area contributed by atoms with Crippen LogP contribution in [0.15, 0.2) is 30.3 Å². The fourth-order valence-corrected chi connectivity index (χ4v) is 2.14. The van der Waals surface area contributed by atoms with E-state index in [1.54, 1.807) is 30.0 Å². The van der Waals surface area contributed by atoms with E-state index in [0.717, 1.165) is 17.8 Å². The minimum atomic E-state index is -0.0582. The molecule has 0 saturated heterocycles. The quantitative estimate of drug-likeness (QED) is 0.876. The molecule has 0 aliphatic carbocycles. The van der Waals surface area contributed by atoms with Gasteiger partial charge in [0, 0.05) is 17.9 Å². The number of carbonyl (C=O) groups is 1. The summed E-state index contributed by atoms with van der Waals surface area (Å²) in [6.07, 6.45) is 0.868. The summed E-state index contributed by atoms with van der Waals surface area (Å²) in [5, 5.41) is 8.01. The number of hydrogen-bond donors (Lipinski definition) is 1. The zero-order valence-electron chi connectivity index (χ0n) is 12.6. The normalized spacial score (nSPS) is 10.4. The van der Waals surface area contributed by atoms with Gasteiger partial charge in [-0.2, -0.15) is 10.2 Å². The zero-order chi connectivity index (χ0) is 15.4. The Bertz CT molecular complexity index is 637. The van der Waals surface area contributed by atoms with E-state index in [-0.39, 0.29) is 5.91 Å². The predicted octanol–water partition coefficient (Wildman–Crippen LogP) is 2.73. The van der Waals surface area contributed by atoms with Gasteiger partial charge >= 0.3 is 0 Å². The van der Waals surface area contributed by atoms with E-state index in [1.807, 2.05) is 26.0 Å². The molecule has 0 fully saturated rings. The first-order valence-electron chi connectivity index (χ1n) is 7.01. The molecule has 0 unspecified atom stereocenters. The van der Waals surface area contributed by atoms with Crippen molar-refractivity contribution in [2.75, 3.05) is 17.2 Å². The lowest BCUT2D eigenvalue weighted by Gasteiger charge is -2.23. The molecule has 0 saturated carbocycles. The summed E-state index contributed by atoms with van der Waals surface area (Å²) in [5.41, 5.74) is 9.19. The summed E-state index contributed by atoms with van der Waals surface area (Å²) in [6.45, 7) is 6.31. The number of hydrogen-bond acceptors (Lipinski definition) is 4. The number of aromatic nitrogens is 2. The third-order valence-corrected chi connectivity index (χ3v) is 3.23. The predicted molar refractivity (Wildman–Crippen MR) is 84.3 cm³/mol. The molecule has 5 heteroatoms. The molecule has 1 heterocycles. The lowest BCUT2D eigenvalue weighted by molar-refractivity contribution is 0.0985. The van der Waals surface area contributed by atoms with Crippen LogP contribution in [0.25, 0.3) is 0 Å². The summed E-state index contributed by atoms with van der Waals surface area (Å²) in [5.74, 6) is -0.0582. The smallest absolute Gasteiger partial charge is 0.260 e. The zero-order valence-corrected chi connectivity index (χ0v) is 12.6. The van der Waals surface area contributed by atoms with Crippen molar-refractivity contribution in [1.29, 1.82) is 0 Å². The van der Waals surface area contributed by atoms with Gasteiger partial charge in [0.05, 0.1) is 17.0 Å². The molecule has 2 aromatic rings. The van der Waals surface area contributed by atoms with Gasteiger partial charge in [0.1, 0.15) is 0 Å². The van der Waals surface area contributed by atoms with Crippen LogP contribution >= 0.6 is 0 Å². The number of amides is 1. The highest BCUT2D eigenvalue weighted by atomic mass is 16.2. The van der Waals surface area contributed by atoms with Gasteiger partial charge in [-0.05, 0) is 50.6 Å². The molecule has 1 aromatic carbocycles. The third-order valence-electron chi connectivity index (χ3n) is 3.23. The van der Waals surface area contributed by atoms with Crippen LogP contribution in [0.2, 0.25) is 0 Å². The van der Waals surface area contributed by atoms with Gasteiger partial charge in [-0.25, -0.2) is 0 Å². The maximum Gasteiger partial charge on any atom is 0.260 e. The van der Waals surface area contributed by atoms with E-state index in [1.165, 1.54) is 0 Å². The van der Waals surface area contributed by atoms with Crippen molar-refractivity contribution in [1.82, 2.24) is 10.2 Å². The minimum Gasteiger partial charge on any atom is -0.399 e. The Kier molecular flexibility index (Phi) is 4.52. The van der Waals surface area contributed by atoms with Crippen molar-refractivity contribution < 1.29 is 4.79 Å². The maximum atomic E-state index is 12.8. The van der Waals surface area contributed by atoms with Gasteiger partial charge in [-0.1, -0.05) is 6.92 Å². The van der Waals surface area contributed by atoms with Crippen LogP contribution in [0.4, 0.5) is 11.4 Å². The van der Waals surface area contributed by atoms with Gasteiger partial charge in [0.2, 0.25) is 0 Å². The number of benzene rings is 1. The van der Waals surface area contributed by atoms with Gasteiger partial charge in [-0.3, -0.25) is 4.79 Å². The van der Waals surface area contributed by atoms with Crippen molar-refractivity contribution in [3.8, 4) is 0 Å². The number of nitrogens with zero attached hydrogens (tertiary/aromatic N) is 3. The Labute approximate surface area is 124 Å². The number of rotatable bonds is 4. The van der Waals surface area contributed by atoms with E-state index >= 15 is 0 Å². The SMILES string of the molecule is CCCN(C(=O)c1cc(C)nnc1C)c1ccc(N)cc1. The van der Waals surface area contributed by atoms with Crippen molar-refractivity contribution in [3.05, 3.63) is 47.3 Å². The molecule has 21 heavy (non-hydrogen) atoms. The van der Waals surface area contributed by atoms with Gasteiger partial charge in [0.15, 0.2) is 0 Å². The van der Waals surface area contributed by atoms with Crippen molar-refractivity contribution in [2.45, 2.75) is 27.2 Å². The molecule has 5 nitrogen and oxygen atoms in total. The molecule has 0 bridgehead atoms. The van der Waals surface area contributed by atoms with E-state index in [4.69, 9.17) is 5.73 Å². The number of nitrogen functional groups attached to an aromatic ring is 1. The van der Waals surface area contributed by atoms with Crippen molar-refractivity contribution in [3.63, 3.8) is 0 Å². The molecule has 0 aliphatic rings. The standard InChI is InChI=1S/C16H20N4O/c1-4-9-20(14-7-5-13(17)6-8-14)16(21)15-10-11(2)18-19-12(15)3/h5-8,10H,4,9,17H2,1-3H3. The first-order chi connectivity index (χ1) is 10.0. The Morgan fingerprint density at radius 3 is 2.48 bits per heavy atom. The van der Waals surface area contributed by atoms with Crippen molar-refractivity contribution in [2.24, 2.45) is 0 Å². The number of carbonyl (C=O) groups excluding carboxylic acids is 1. The number of anilines is 2.